The smallest absolute Gasteiger partial charge is 0.321 e. The van der Waals surface area contributed by atoms with Crippen molar-refractivity contribution in [1.82, 2.24) is 0 Å². The lowest BCUT2D eigenvalue weighted by Crippen LogP contribution is -2.01. The maximum atomic E-state index is 11.1. The van der Waals surface area contributed by atoms with Crippen LogP contribution in [0.15, 0.2) is 11.6 Å². The van der Waals surface area contributed by atoms with E-state index < -0.39 is 26.4 Å². The molecule has 0 radical (unpaired) electrons. The lowest BCUT2D eigenvalue weighted by Gasteiger charge is -2.17. The fraction of sp³-hybridized carbons (Fsp3) is 0.600. The predicted octanol–water partition coefficient (Wildman–Crippen LogP) is 1.25. The van der Waals surface area contributed by atoms with E-state index in [4.69, 9.17) is 14.7 Å². The van der Waals surface area contributed by atoms with Crippen molar-refractivity contribution >= 4 is 15.2 Å². The Morgan fingerprint density at radius 1 is 1.31 bits per heavy atom. The van der Waals surface area contributed by atoms with Crippen LogP contribution in [0.4, 0.5) is 0 Å². The van der Waals surface area contributed by atoms with Crippen molar-refractivity contribution < 1.29 is 28.3 Å². The fourth-order valence-corrected chi connectivity index (χ4v) is 2.66. The average Bonchev–Trinajstić information content (AvgIpc) is 1.80. The summed E-state index contributed by atoms with van der Waals surface area (Å²) in [4.78, 5) is 26.1. The SMILES string of the molecule is C=C(P(=O)(O)O)P(=O)(O)OC(C)C. The summed E-state index contributed by atoms with van der Waals surface area (Å²) in [7, 11) is -9.19. The van der Waals surface area contributed by atoms with Gasteiger partial charge in [-0.1, -0.05) is 6.58 Å². The Morgan fingerprint density at radius 3 is 1.92 bits per heavy atom. The largest absolute Gasteiger partial charge is 0.366 e. The van der Waals surface area contributed by atoms with E-state index in [0.717, 1.165) is 0 Å². The molecule has 6 nitrogen and oxygen atoms in total. The van der Waals surface area contributed by atoms with Crippen LogP contribution >= 0.6 is 15.2 Å². The summed E-state index contributed by atoms with van der Waals surface area (Å²) in [5.41, 5.74) is 0. The zero-order chi connectivity index (χ0) is 10.9. The second-order valence-corrected chi connectivity index (χ2v) is 6.41. The molecule has 0 aliphatic carbocycles. The highest BCUT2D eigenvalue weighted by Crippen LogP contribution is 2.66. The molecule has 78 valence electrons. The third-order valence-electron chi connectivity index (χ3n) is 1.02. The van der Waals surface area contributed by atoms with Gasteiger partial charge in [0.25, 0.3) is 0 Å². The second kappa shape index (κ2) is 4.05. The summed E-state index contributed by atoms with van der Waals surface area (Å²) in [6, 6.07) is 0. The summed E-state index contributed by atoms with van der Waals surface area (Å²) in [5.74, 6) is 0. The minimum absolute atomic E-state index is 0.612. The first-order chi connectivity index (χ1) is 5.57. The highest BCUT2D eigenvalue weighted by molar-refractivity contribution is 7.77. The van der Waals surface area contributed by atoms with Crippen LogP contribution < -0.4 is 0 Å². The summed E-state index contributed by atoms with van der Waals surface area (Å²) in [5, 5.41) is -1.08. The van der Waals surface area contributed by atoms with Crippen LogP contribution in [0.25, 0.3) is 0 Å². The molecule has 0 saturated carbocycles. The first-order valence-electron chi connectivity index (χ1n) is 3.34. The summed E-state index contributed by atoms with van der Waals surface area (Å²) < 4.78 is 26.1. The van der Waals surface area contributed by atoms with E-state index in [1.54, 1.807) is 0 Å². The summed E-state index contributed by atoms with van der Waals surface area (Å²) in [6.45, 7) is 5.79. The van der Waals surface area contributed by atoms with Gasteiger partial charge in [-0.25, -0.2) is 0 Å². The van der Waals surface area contributed by atoms with Gasteiger partial charge in [0, 0.05) is 0 Å². The molecule has 0 amide bonds. The van der Waals surface area contributed by atoms with Crippen LogP contribution in [0.2, 0.25) is 0 Å². The average molecular weight is 230 g/mol. The zero-order valence-electron chi connectivity index (χ0n) is 7.25. The van der Waals surface area contributed by atoms with Crippen LogP contribution in [0, 0.1) is 0 Å². The molecule has 0 aliphatic heterocycles. The van der Waals surface area contributed by atoms with E-state index in [9.17, 15) is 9.13 Å². The van der Waals surface area contributed by atoms with Gasteiger partial charge in [0.15, 0.2) is 0 Å². The van der Waals surface area contributed by atoms with Gasteiger partial charge in [-0.05, 0) is 13.8 Å². The van der Waals surface area contributed by atoms with Crippen molar-refractivity contribution in [3.63, 3.8) is 0 Å². The maximum Gasteiger partial charge on any atom is 0.366 e. The zero-order valence-corrected chi connectivity index (χ0v) is 9.03. The third-order valence-corrected chi connectivity index (χ3v) is 4.59. The van der Waals surface area contributed by atoms with Crippen molar-refractivity contribution in [2.24, 2.45) is 0 Å². The van der Waals surface area contributed by atoms with Crippen LogP contribution in [0.3, 0.4) is 0 Å². The Morgan fingerprint density at radius 2 is 1.69 bits per heavy atom. The van der Waals surface area contributed by atoms with Crippen molar-refractivity contribution in [2.75, 3.05) is 0 Å². The van der Waals surface area contributed by atoms with E-state index in [-0.39, 0.29) is 0 Å². The molecule has 0 spiro atoms. The topological polar surface area (TPSA) is 104 Å². The molecule has 0 aromatic carbocycles. The highest BCUT2D eigenvalue weighted by atomic mass is 31.2. The Hall–Kier alpha value is 0.0400. The molecule has 0 heterocycles. The van der Waals surface area contributed by atoms with Gasteiger partial charge in [0.1, 0.15) is 5.06 Å². The van der Waals surface area contributed by atoms with Crippen LogP contribution in [-0.2, 0) is 13.7 Å². The van der Waals surface area contributed by atoms with E-state index in [0.29, 0.717) is 0 Å². The highest BCUT2D eigenvalue weighted by Gasteiger charge is 2.37. The van der Waals surface area contributed by atoms with Crippen molar-refractivity contribution in [2.45, 2.75) is 20.0 Å². The molecule has 1 unspecified atom stereocenters. The van der Waals surface area contributed by atoms with Crippen molar-refractivity contribution in [3.05, 3.63) is 11.6 Å². The lowest BCUT2D eigenvalue weighted by atomic mass is 10.5. The monoisotopic (exact) mass is 230 g/mol. The van der Waals surface area contributed by atoms with Gasteiger partial charge in [-0.2, -0.15) is 0 Å². The van der Waals surface area contributed by atoms with Gasteiger partial charge in [-0.15, -0.1) is 0 Å². The molecule has 0 aliphatic rings. The summed E-state index contributed by atoms with van der Waals surface area (Å²) >= 11 is 0. The molecule has 0 saturated heterocycles. The standard InChI is InChI=1S/C5H12O6P2/c1-4(2)11-13(9,10)5(3)12(6,7)8/h4H,3H2,1-2H3,(H,9,10)(H2,6,7,8). The van der Waals surface area contributed by atoms with Crippen LogP contribution in [0.5, 0.6) is 0 Å². The number of rotatable bonds is 4. The quantitative estimate of drug-likeness (QED) is 0.627. The van der Waals surface area contributed by atoms with Crippen molar-refractivity contribution in [3.8, 4) is 0 Å². The molecule has 0 aromatic rings. The Labute approximate surface area is 75.9 Å². The normalized spacial score (nSPS) is 17.1. The van der Waals surface area contributed by atoms with Crippen molar-refractivity contribution in [1.29, 1.82) is 0 Å². The Balaban J connectivity index is 4.77. The van der Waals surface area contributed by atoms with Crippen LogP contribution in [0.1, 0.15) is 13.8 Å². The lowest BCUT2D eigenvalue weighted by molar-refractivity contribution is 0.210. The molecule has 0 rings (SSSR count). The molecular weight excluding hydrogens is 218 g/mol. The van der Waals surface area contributed by atoms with Gasteiger partial charge in [0.2, 0.25) is 0 Å². The maximum absolute atomic E-state index is 11.1. The molecule has 3 N–H and O–H groups in total. The molecule has 1 atom stereocenters. The third kappa shape index (κ3) is 4.18. The second-order valence-electron chi connectivity index (χ2n) is 2.63. The first-order valence-corrected chi connectivity index (χ1v) is 6.53. The molecule has 0 bridgehead atoms. The molecule has 13 heavy (non-hydrogen) atoms. The predicted molar refractivity (Wildman–Crippen MR) is 47.2 cm³/mol. The van der Waals surface area contributed by atoms with E-state index in [1.165, 1.54) is 13.8 Å². The fourth-order valence-electron chi connectivity index (χ4n) is 0.511. The van der Waals surface area contributed by atoms with Gasteiger partial charge < -0.3 is 19.2 Å². The minimum atomic E-state index is -4.77. The van der Waals surface area contributed by atoms with E-state index >= 15 is 0 Å². The Bertz CT molecular complexity index is 289. The molecule has 8 heteroatoms. The summed E-state index contributed by atoms with van der Waals surface area (Å²) in [6.07, 6.45) is -0.612. The first kappa shape index (κ1) is 13.0. The van der Waals surface area contributed by atoms with E-state index in [1.807, 2.05) is 0 Å². The van der Waals surface area contributed by atoms with Gasteiger partial charge >= 0.3 is 15.2 Å². The van der Waals surface area contributed by atoms with Crippen LogP contribution in [-0.4, -0.2) is 20.8 Å². The van der Waals surface area contributed by atoms with E-state index in [2.05, 4.69) is 11.1 Å². The molecule has 0 fully saturated rings. The molecular formula is C5H12O6P2. The number of hydrogen-bond donors (Lipinski definition) is 3. The van der Waals surface area contributed by atoms with Gasteiger partial charge in [-0.3, -0.25) is 9.13 Å². The number of hydrogen-bond acceptors (Lipinski definition) is 3. The van der Waals surface area contributed by atoms with Gasteiger partial charge in [0.05, 0.1) is 6.10 Å². The minimum Gasteiger partial charge on any atom is -0.321 e. The Kier molecular flexibility index (Phi) is 4.06. The molecule has 0 aromatic heterocycles.